The van der Waals surface area contributed by atoms with E-state index in [0.29, 0.717) is 12.0 Å². The lowest BCUT2D eigenvalue weighted by Gasteiger charge is -2.08. The number of Topliss-reactive ketones (excluding diaryl/α,β-unsaturated/α-hetero) is 1. The minimum atomic E-state index is -0.515. The van der Waals surface area contributed by atoms with E-state index in [4.69, 9.17) is 5.73 Å². The van der Waals surface area contributed by atoms with Gasteiger partial charge >= 0.3 is 0 Å². The molecule has 1 atom stereocenters. The van der Waals surface area contributed by atoms with Gasteiger partial charge in [0.15, 0.2) is 5.78 Å². The Bertz CT molecular complexity index is 604. The molecule has 0 aliphatic rings. The van der Waals surface area contributed by atoms with E-state index in [9.17, 15) is 4.79 Å². The van der Waals surface area contributed by atoms with Gasteiger partial charge in [-0.25, -0.2) is 0 Å². The molecule has 1 heterocycles. The number of benzene rings is 1. The fourth-order valence-electron chi connectivity index (χ4n) is 1.88. The van der Waals surface area contributed by atoms with E-state index in [2.05, 4.69) is 11.6 Å². The molecule has 1 unspecified atom stereocenters. The van der Waals surface area contributed by atoms with Crippen LogP contribution in [-0.4, -0.2) is 16.8 Å². The van der Waals surface area contributed by atoms with Crippen LogP contribution in [0.3, 0.4) is 0 Å². The highest BCUT2D eigenvalue weighted by Gasteiger charge is 2.14. The van der Waals surface area contributed by atoms with Crippen LogP contribution < -0.4 is 5.73 Å². The summed E-state index contributed by atoms with van der Waals surface area (Å²) in [6.45, 7) is 5.54. The zero-order chi connectivity index (χ0) is 13.1. The minimum Gasteiger partial charge on any atom is -0.321 e. The van der Waals surface area contributed by atoms with Crippen LogP contribution in [0.15, 0.2) is 43.0 Å². The second-order valence-electron chi connectivity index (χ2n) is 4.36. The maximum absolute atomic E-state index is 12.1. The first-order valence-corrected chi connectivity index (χ1v) is 5.90. The van der Waals surface area contributed by atoms with Gasteiger partial charge in [-0.15, -0.1) is 6.58 Å². The molecule has 0 saturated carbocycles. The number of hydrogen-bond acceptors (Lipinski definition) is 3. The Morgan fingerprint density at radius 3 is 2.94 bits per heavy atom. The van der Waals surface area contributed by atoms with E-state index in [-0.39, 0.29) is 5.78 Å². The smallest absolute Gasteiger partial charge is 0.179 e. The second kappa shape index (κ2) is 5.10. The largest absolute Gasteiger partial charge is 0.321 e. The topological polar surface area (TPSA) is 56.0 Å². The quantitative estimate of drug-likeness (QED) is 0.660. The first-order valence-electron chi connectivity index (χ1n) is 5.90. The summed E-state index contributed by atoms with van der Waals surface area (Å²) in [7, 11) is 0. The van der Waals surface area contributed by atoms with Crippen LogP contribution in [0, 0.1) is 6.92 Å². The number of carbonyl (C=O) groups is 1. The van der Waals surface area contributed by atoms with Gasteiger partial charge in [-0.1, -0.05) is 12.1 Å². The van der Waals surface area contributed by atoms with Crippen LogP contribution in [0.4, 0.5) is 0 Å². The average Bonchev–Trinajstić information content (AvgIpc) is 2.37. The first-order chi connectivity index (χ1) is 8.61. The number of aryl methyl sites for hydroxylation is 1. The molecular formula is C15H16N2O. The number of rotatable bonds is 4. The van der Waals surface area contributed by atoms with Gasteiger partial charge in [-0.2, -0.15) is 0 Å². The van der Waals surface area contributed by atoms with Crippen molar-refractivity contribution < 1.29 is 4.79 Å². The molecule has 0 fully saturated rings. The number of nitrogens with two attached hydrogens (primary N) is 1. The summed E-state index contributed by atoms with van der Waals surface area (Å²) >= 11 is 0. The van der Waals surface area contributed by atoms with Crippen molar-refractivity contribution in [3.8, 4) is 0 Å². The highest BCUT2D eigenvalue weighted by molar-refractivity contribution is 6.02. The molecule has 92 valence electrons. The van der Waals surface area contributed by atoms with Gasteiger partial charge in [0.2, 0.25) is 0 Å². The Hall–Kier alpha value is -2.00. The van der Waals surface area contributed by atoms with Crippen molar-refractivity contribution in [3.63, 3.8) is 0 Å². The van der Waals surface area contributed by atoms with Gasteiger partial charge in [0.1, 0.15) is 0 Å². The van der Waals surface area contributed by atoms with Crippen molar-refractivity contribution >= 4 is 16.7 Å². The summed E-state index contributed by atoms with van der Waals surface area (Å²) in [5.41, 5.74) is 8.27. The monoisotopic (exact) mass is 240 g/mol. The van der Waals surface area contributed by atoms with E-state index in [0.717, 1.165) is 16.6 Å². The lowest BCUT2D eigenvalue weighted by Crippen LogP contribution is -2.29. The second-order valence-corrected chi connectivity index (χ2v) is 4.36. The molecule has 0 spiro atoms. The van der Waals surface area contributed by atoms with Crippen LogP contribution in [0.25, 0.3) is 10.9 Å². The van der Waals surface area contributed by atoms with Crippen LogP contribution >= 0.6 is 0 Å². The molecule has 0 aliphatic carbocycles. The predicted molar refractivity (Wildman–Crippen MR) is 73.6 cm³/mol. The van der Waals surface area contributed by atoms with Crippen LogP contribution in [0.2, 0.25) is 0 Å². The van der Waals surface area contributed by atoms with Gasteiger partial charge < -0.3 is 5.73 Å². The van der Waals surface area contributed by atoms with Crippen LogP contribution in [-0.2, 0) is 0 Å². The average molecular weight is 240 g/mol. The fourth-order valence-corrected chi connectivity index (χ4v) is 1.88. The number of hydrogen-bond donors (Lipinski definition) is 1. The maximum atomic E-state index is 12.1. The molecule has 2 N–H and O–H groups in total. The van der Waals surface area contributed by atoms with Gasteiger partial charge in [0, 0.05) is 16.6 Å². The number of nitrogens with zero attached hydrogens (tertiary/aromatic N) is 1. The van der Waals surface area contributed by atoms with Crippen molar-refractivity contribution in [2.75, 3.05) is 0 Å². The summed E-state index contributed by atoms with van der Waals surface area (Å²) in [4.78, 5) is 16.5. The molecule has 0 amide bonds. The number of pyridine rings is 1. The van der Waals surface area contributed by atoms with E-state index in [1.165, 1.54) is 0 Å². The zero-order valence-electron chi connectivity index (χ0n) is 10.4. The van der Waals surface area contributed by atoms with Crippen molar-refractivity contribution in [3.05, 3.63) is 54.2 Å². The molecule has 2 aromatic rings. The lowest BCUT2D eigenvalue weighted by molar-refractivity contribution is 0.0962. The van der Waals surface area contributed by atoms with E-state index in [1.807, 2.05) is 31.2 Å². The SMILES string of the molecule is C=CCC(N)C(=O)c1ccc2nc(C)ccc2c1. The van der Waals surface area contributed by atoms with Crippen LogP contribution in [0.5, 0.6) is 0 Å². The van der Waals surface area contributed by atoms with E-state index >= 15 is 0 Å². The zero-order valence-corrected chi connectivity index (χ0v) is 10.4. The number of aromatic nitrogens is 1. The molecule has 3 nitrogen and oxygen atoms in total. The van der Waals surface area contributed by atoms with Gasteiger partial charge in [0.25, 0.3) is 0 Å². The van der Waals surface area contributed by atoms with Crippen molar-refractivity contribution in [1.29, 1.82) is 0 Å². The Morgan fingerprint density at radius 2 is 2.22 bits per heavy atom. The molecular weight excluding hydrogens is 224 g/mol. The number of ketones is 1. The third-order valence-electron chi connectivity index (χ3n) is 2.87. The summed E-state index contributed by atoms with van der Waals surface area (Å²) < 4.78 is 0. The molecule has 1 aromatic heterocycles. The minimum absolute atomic E-state index is 0.0580. The van der Waals surface area contributed by atoms with E-state index < -0.39 is 6.04 Å². The molecule has 1 aromatic carbocycles. The molecule has 0 bridgehead atoms. The fraction of sp³-hybridized carbons (Fsp3) is 0.200. The summed E-state index contributed by atoms with van der Waals surface area (Å²) in [6, 6.07) is 8.86. The third kappa shape index (κ3) is 2.46. The third-order valence-corrected chi connectivity index (χ3v) is 2.87. The van der Waals surface area contributed by atoms with E-state index in [1.54, 1.807) is 12.1 Å². The Balaban J connectivity index is 2.38. The van der Waals surface area contributed by atoms with Gasteiger partial charge in [0.05, 0.1) is 11.6 Å². The molecule has 0 saturated heterocycles. The molecule has 18 heavy (non-hydrogen) atoms. The Labute approximate surface area is 106 Å². The summed E-state index contributed by atoms with van der Waals surface area (Å²) in [6.07, 6.45) is 2.15. The highest BCUT2D eigenvalue weighted by atomic mass is 16.1. The standard InChI is InChI=1S/C15H16N2O/c1-3-4-13(16)15(18)12-7-8-14-11(9-12)6-5-10(2)17-14/h3,5-9,13H,1,4,16H2,2H3. The van der Waals surface area contributed by atoms with Crippen molar-refractivity contribution in [2.24, 2.45) is 5.73 Å². The van der Waals surface area contributed by atoms with Gasteiger partial charge in [-0.3, -0.25) is 9.78 Å². The van der Waals surface area contributed by atoms with Gasteiger partial charge in [-0.05, 0) is 37.6 Å². The molecule has 2 rings (SSSR count). The van der Waals surface area contributed by atoms with Crippen molar-refractivity contribution in [2.45, 2.75) is 19.4 Å². The number of fused-ring (bicyclic) bond motifs is 1. The first kappa shape index (κ1) is 12.5. The molecule has 3 heteroatoms. The Morgan fingerprint density at radius 1 is 1.44 bits per heavy atom. The number of carbonyl (C=O) groups excluding carboxylic acids is 1. The van der Waals surface area contributed by atoms with Crippen LogP contribution in [0.1, 0.15) is 22.5 Å². The normalized spacial score (nSPS) is 12.3. The summed E-state index contributed by atoms with van der Waals surface area (Å²) in [5, 5.41) is 0.956. The Kier molecular flexibility index (Phi) is 3.53. The maximum Gasteiger partial charge on any atom is 0.179 e. The lowest BCUT2D eigenvalue weighted by atomic mass is 10.0. The summed E-state index contributed by atoms with van der Waals surface area (Å²) in [5.74, 6) is -0.0580. The highest BCUT2D eigenvalue weighted by Crippen LogP contribution is 2.16. The van der Waals surface area contributed by atoms with Crippen molar-refractivity contribution in [1.82, 2.24) is 4.98 Å². The molecule has 0 aliphatic heterocycles. The predicted octanol–water partition coefficient (Wildman–Crippen LogP) is 2.63. The molecule has 0 radical (unpaired) electrons.